The van der Waals surface area contributed by atoms with E-state index in [9.17, 15) is 0 Å². The zero-order valence-electron chi connectivity index (χ0n) is 11.9. The molecule has 1 aliphatic rings. The Bertz CT molecular complexity index is 782. The van der Waals surface area contributed by atoms with Crippen molar-refractivity contribution >= 4 is 26.8 Å². The van der Waals surface area contributed by atoms with Gasteiger partial charge in [-0.1, -0.05) is 11.3 Å². The molecule has 1 aliphatic heterocycles. The highest BCUT2D eigenvalue weighted by Crippen LogP contribution is 2.35. The lowest BCUT2D eigenvalue weighted by Crippen LogP contribution is -2.17. The van der Waals surface area contributed by atoms with Crippen molar-refractivity contribution in [2.75, 3.05) is 11.5 Å². The molecule has 3 aromatic heterocycles. The van der Waals surface area contributed by atoms with Gasteiger partial charge in [0, 0.05) is 19.2 Å². The molecule has 110 valence electrons. The van der Waals surface area contributed by atoms with E-state index in [-0.39, 0.29) is 6.61 Å². The Morgan fingerprint density at radius 1 is 1.38 bits per heavy atom. The number of rotatable bonds is 3. The van der Waals surface area contributed by atoms with Gasteiger partial charge in [0.1, 0.15) is 0 Å². The van der Waals surface area contributed by atoms with Crippen LogP contribution < -0.4 is 4.90 Å². The van der Waals surface area contributed by atoms with E-state index >= 15 is 0 Å². The summed E-state index contributed by atoms with van der Waals surface area (Å²) in [4.78, 5) is 6.97. The molecule has 3 aromatic rings. The number of aliphatic hydroxyl groups excluding tert-OH is 1. The number of aromatic nitrogens is 5. The van der Waals surface area contributed by atoms with E-state index in [0.717, 1.165) is 34.3 Å². The lowest BCUT2D eigenvalue weighted by atomic mass is 10.3. The molecular formula is C13H16N6OS. The van der Waals surface area contributed by atoms with Gasteiger partial charge in [0.25, 0.3) is 0 Å². The zero-order valence-corrected chi connectivity index (χ0v) is 12.8. The largest absolute Gasteiger partial charge is 0.394 e. The van der Waals surface area contributed by atoms with Crippen LogP contribution in [0.1, 0.15) is 17.0 Å². The number of thiazole rings is 1. The number of aliphatic hydroxyl groups is 1. The maximum atomic E-state index is 9.09. The third-order valence-electron chi connectivity index (χ3n) is 3.85. The van der Waals surface area contributed by atoms with Crippen LogP contribution in [0.3, 0.4) is 0 Å². The number of nitrogens with zero attached hydrogens (tertiary/aromatic N) is 6. The lowest BCUT2D eigenvalue weighted by Gasteiger charge is -2.14. The van der Waals surface area contributed by atoms with Crippen LogP contribution in [-0.4, -0.2) is 36.3 Å². The van der Waals surface area contributed by atoms with Crippen molar-refractivity contribution in [3.05, 3.63) is 23.1 Å². The number of anilines is 1. The van der Waals surface area contributed by atoms with Crippen molar-refractivity contribution in [1.29, 1.82) is 0 Å². The van der Waals surface area contributed by atoms with Crippen molar-refractivity contribution in [1.82, 2.24) is 24.5 Å². The van der Waals surface area contributed by atoms with Crippen molar-refractivity contribution in [2.45, 2.75) is 26.6 Å². The fourth-order valence-corrected chi connectivity index (χ4v) is 3.87. The highest BCUT2D eigenvalue weighted by atomic mass is 32.1. The minimum absolute atomic E-state index is 0.111. The molecule has 0 saturated carbocycles. The van der Waals surface area contributed by atoms with E-state index in [0.29, 0.717) is 6.54 Å². The fraction of sp³-hybridized carbons (Fsp3) is 0.462. The van der Waals surface area contributed by atoms with Crippen LogP contribution in [0, 0.1) is 6.92 Å². The molecule has 4 heterocycles. The molecule has 1 N–H and O–H groups in total. The average Bonchev–Trinajstić information content (AvgIpc) is 3.15. The Hall–Kier alpha value is -1.93. The van der Waals surface area contributed by atoms with Gasteiger partial charge >= 0.3 is 0 Å². The summed E-state index contributed by atoms with van der Waals surface area (Å²) in [6, 6.07) is 0. The Labute approximate surface area is 125 Å². The highest BCUT2D eigenvalue weighted by molar-refractivity contribution is 7.22. The first-order chi connectivity index (χ1) is 10.2. The molecule has 0 bridgehead atoms. The molecule has 0 saturated heterocycles. The van der Waals surface area contributed by atoms with Crippen LogP contribution in [0.5, 0.6) is 0 Å². The van der Waals surface area contributed by atoms with Crippen LogP contribution >= 0.6 is 11.3 Å². The van der Waals surface area contributed by atoms with Crippen molar-refractivity contribution in [2.24, 2.45) is 7.05 Å². The predicted octanol–water partition coefficient (Wildman–Crippen LogP) is 1.05. The first kappa shape index (κ1) is 12.8. The smallest absolute Gasteiger partial charge is 0.188 e. The maximum absolute atomic E-state index is 9.09. The molecule has 0 aliphatic carbocycles. The second kappa shape index (κ2) is 4.54. The van der Waals surface area contributed by atoms with Crippen LogP contribution in [-0.2, 0) is 26.7 Å². The summed E-state index contributed by atoms with van der Waals surface area (Å²) < 4.78 is 4.87. The summed E-state index contributed by atoms with van der Waals surface area (Å²) >= 11 is 1.69. The Morgan fingerprint density at radius 2 is 2.24 bits per heavy atom. The molecule has 8 heteroatoms. The lowest BCUT2D eigenvalue weighted by molar-refractivity contribution is 0.267. The second-order valence-corrected chi connectivity index (χ2v) is 6.26. The summed E-state index contributed by atoms with van der Waals surface area (Å²) in [5.74, 6) is 0. The van der Waals surface area contributed by atoms with Gasteiger partial charge in [0.05, 0.1) is 42.0 Å². The van der Waals surface area contributed by atoms with Gasteiger partial charge in [-0.3, -0.25) is 4.68 Å². The summed E-state index contributed by atoms with van der Waals surface area (Å²) in [5, 5.41) is 18.8. The highest BCUT2D eigenvalue weighted by Gasteiger charge is 2.26. The fourth-order valence-electron chi connectivity index (χ4n) is 2.84. The van der Waals surface area contributed by atoms with E-state index in [4.69, 9.17) is 10.1 Å². The van der Waals surface area contributed by atoms with Crippen LogP contribution in [0.15, 0.2) is 6.20 Å². The van der Waals surface area contributed by atoms with Crippen LogP contribution in [0.25, 0.3) is 10.3 Å². The standard InChI is InChI=1S/C13H16N6OS/c1-8-11-12(17(2)16-8)15-13(21-11)18-6-9-5-14-19(3-4-20)10(9)7-18/h5,20H,3-4,6-7H2,1-2H3. The number of hydrogen-bond donors (Lipinski definition) is 1. The summed E-state index contributed by atoms with van der Waals surface area (Å²) in [7, 11) is 1.93. The van der Waals surface area contributed by atoms with E-state index in [1.807, 2.05) is 29.5 Å². The van der Waals surface area contributed by atoms with Gasteiger partial charge < -0.3 is 10.0 Å². The van der Waals surface area contributed by atoms with Gasteiger partial charge in [-0.25, -0.2) is 9.67 Å². The van der Waals surface area contributed by atoms with E-state index in [2.05, 4.69) is 15.1 Å². The molecule has 7 nitrogen and oxygen atoms in total. The molecule has 0 unspecified atom stereocenters. The molecule has 0 amide bonds. The van der Waals surface area contributed by atoms with Crippen molar-refractivity contribution in [3.8, 4) is 0 Å². The normalized spacial score (nSPS) is 14.3. The van der Waals surface area contributed by atoms with Crippen LogP contribution in [0.2, 0.25) is 0 Å². The Balaban J connectivity index is 1.67. The molecule has 0 aromatic carbocycles. The number of aryl methyl sites for hydroxylation is 2. The molecule has 0 radical (unpaired) electrons. The SMILES string of the molecule is Cc1nn(C)c2nc(N3Cc4cnn(CCO)c4C3)sc12. The summed E-state index contributed by atoms with van der Waals surface area (Å²) in [6.07, 6.45) is 1.89. The van der Waals surface area contributed by atoms with Crippen molar-refractivity contribution < 1.29 is 5.11 Å². The quantitative estimate of drug-likeness (QED) is 0.783. The first-order valence-corrected chi connectivity index (χ1v) is 7.68. The van der Waals surface area contributed by atoms with E-state index < -0.39 is 0 Å². The third-order valence-corrected chi connectivity index (χ3v) is 5.07. The second-order valence-electron chi connectivity index (χ2n) is 5.28. The topological polar surface area (TPSA) is 72.0 Å². The van der Waals surface area contributed by atoms with Gasteiger partial charge in [-0.15, -0.1) is 0 Å². The molecule has 0 spiro atoms. The van der Waals surface area contributed by atoms with Gasteiger partial charge in [0.15, 0.2) is 10.8 Å². The summed E-state index contributed by atoms with van der Waals surface area (Å²) in [6.45, 7) is 4.29. The molecular weight excluding hydrogens is 288 g/mol. The number of hydrogen-bond acceptors (Lipinski definition) is 6. The van der Waals surface area contributed by atoms with E-state index in [1.165, 1.54) is 11.3 Å². The van der Waals surface area contributed by atoms with Gasteiger partial charge in [-0.2, -0.15) is 10.2 Å². The zero-order chi connectivity index (χ0) is 14.6. The molecule has 0 atom stereocenters. The Kier molecular flexibility index (Phi) is 2.76. The third kappa shape index (κ3) is 1.86. The monoisotopic (exact) mass is 304 g/mol. The number of fused-ring (bicyclic) bond motifs is 2. The molecule has 4 rings (SSSR count). The van der Waals surface area contributed by atoms with Crippen LogP contribution in [0.4, 0.5) is 5.13 Å². The van der Waals surface area contributed by atoms with Gasteiger partial charge in [0.2, 0.25) is 0 Å². The van der Waals surface area contributed by atoms with Crippen molar-refractivity contribution in [3.63, 3.8) is 0 Å². The minimum atomic E-state index is 0.111. The average molecular weight is 304 g/mol. The minimum Gasteiger partial charge on any atom is -0.394 e. The predicted molar refractivity (Wildman–Crippen MR) is 80.3 cm³/mol. The molecule has 21 heavy (non-hydrogen) atoms. The first-order valence-electron chi connectivity index (χ1n) is 6.87. The summed E-state index contributed by atoms with van der Waals surface area (Å²) in [5.41, 5.74) is 4.37. The Morgan fingerprint density at radius 3 is 3.00 bits per heavy atom. The van der Waals surface area contributed by atoms with E-state index in [1.54, 1.807) is 11.3 Å². The van der Waals surface area contributed by atoms with Gasteiger partial charge in [-0.05, 0) is 6.92 Å². The molecule has 0 fully saturated rings. The maximum Gasteiger partial charge on any atom is 0.188 e.